The zero-order chi connectivity index (χ0) is 26.7. The zero-order valence-corrected chi connectivity index (χ0v) is 22.6. The number of carbonyl (C=O) groups excluding carboxylic acids is 1. The third-order valence-electron chi connectivity index (χ3n) is 5.93. The quantitative estimate of drug-likeness (QED) is 0.351. The molecule has 4 aromatic rings. The fourth-order valence-electron chi connectivity index (χ4n) is 4.02. The molecule has 38 heavy (non-hydrogen) atoms. The summed E-state index contributed by atoms with van der Waals surface area (Å²) in [6, 6.07) is 15.4. The van der Waals surface area contributed by atoms with Gasteiger partial charge in [0.15, 0.2) is 0 Å². The van der Waals surface area contributed by atoms with E-state index >= 15 is 0 Å². The minimum absolute atomic E-state index is 0.140. The highest BCUT2D eigenvalue weighted by atomic mass is 32.2. The van der Waals surface area contributed by atoms with Gasteiger partial charge in [0.05, 0.1) is 36.1 Å². The van der Waals surface area contributed by atoms with E-state index in [1.807, 2.05) is 43.5 Å². The van der Waals surface area contributed by atoms with E-state index in [9.17, 15) is 13.2 Å². The first-order valence-corrected chi connectivity index (χ1v) is 14.4. The predicted molar refractivity (Wildman–Crippen MR) is 145 cm³/mol. The Morgan fingerprint density at radius 3 is 2.50 bits per heavy atom. The highest BCUT2D eigenvalue weighted by molar-refractivity contribution is 7.89. The molecule has 5 rings (SSSR count). The fourth-order valence-corrected chi connectivity index (χ4v) is 6.22. The van der Waals surface area contributed by atoms with E-state index in [4.69, 9.17) is 14.5 Å². The maximum Gasteiger partial charge on any atom is 0.256 e. The standard InChI is InChI=1S/C26H27N5O5S2/c1-3-36-21-8-4-19(5-9-21)23-17-37-26(27-23)31-24(16-18(2)29-31)28-25(32)20-6-10-22(11-7-20)38(33,34)30-12-14-35-15-13-30/h4-11,16-17H,3,12-15H2,1-2H3,(H,28,32). The van der Waals surface area contributed by atoms with Gasteiger partial charge in [-0.2, -0.15) is 14.1 Å². The molecule has 0 radical (unpaired) electrons. The maximum atomic E-state index is 13.0. The van der Waals surface area contributed by atoms with Gasteiger partial charge in [-0.1, -0.05) is 0 Å². The average molecular weight is 554 g/mol. The lowest BCUT2D eigenvalue weighted by molar-refractivity contribution is 0.0730. The third kappa shape index (κ3) is 5.48. The van der Waals surface area contributed by atoms with Crippen molar-refractivity contribution < 1.29 is 22.7 Å². The summed E-state index contributed by atoms with van der Waals surface area (Å²) in [5.41, 5.74) is 2.77. The molecule has 2 aromatic heterocycles. The van der Waals surface area contributed by atoms with Crippen molar-refractivity contribution in [1.29, 1.82) is 0 Å². The van der Waals surface area contributed by atoms with Crippen molar-refractivity contribution in [2.45, 2.75) is 18.7 Å². The van der Waals surface area contributed by atoms with E-state index in [1.165, 1.54) is 39.9 Å². The first-order valence-electron chi connectivity index (χ1n) is 12.1. The van der Waals surface area contributed by atoms with Crippen LogP contribution >= 0.6 is 11.3 Å². The Morgan fingerprint density at radius 1 is 1.11 bits per heavy atom. The Labute approximate surface area is 224 Å². The van der Waals surface area contributed by atoms with E-state index < -0.39 is 10.0 Å². The molecule has 1 aliphatic rings. The number of morpholine rings is 1. The lowest BCUT2D eigenvalue weighted by atomic mass is 10.2. The first-order chi connectivity index (χ1) is 18.3. The fraction of sp³-hybridized carbons (Fsp3) is 0.269. The summed E-state index contributed by atoms with van der Waals surface area (Å²) < 4.78 is 39.5. The second-order valence-corrected chi connectivity index (χ2v) is 11.3. The molecule has 0 unspecified atom stereocenters. The van der Waals surface area contributed by atoms with Crippen LogP contribution in [0.1, 0.15) is 23.0 Å². The Morgan fingerprint density at radius 2 is 1.82 bits per heavy atom. The second-order valence-electron chi connectivity index (χ2n) is 8.55. The molecular formula is C26H27N5O5S2. The molecule has 1 fully saturated rings. The topological polar surface area (TPSA) is 116 Å². The summed E-state index contributed by atoms with van der Waals surface area (Å²) in [5, 5.41) is 9.91. The molecule has 0 atom stereocenters. The minimum atomic E-state index is -3.64. The van der Waals surface area contributed by atoms with E-state index in [1.54, 1.807) is 10.7 Å². The van der Waals surface area contributed by atoms with Crippen LogP contribution in [-0.2, 0) is 14.8 Å². The van der Waals surface area contributed by atoms with Gasteiger partial charge in [0, 0.05) is 35.7 Å². The smallest absolute Gasteiger partial charge is 0.256 e. The van der Waals surface area contributed by atoms with Crippen molar-refractivity contribution in [3.05, 3.63) is 71.2 Å². The average Bonchev–Trinajstić information content (AvgIpc) is 3.56. The van der Waals surface area contributed by atoms with Crippen LogP contribution in [0.4, 0.5) is 5.82 Å². The van der Waals surface area contributed by atoms with Crippen molar-refractivity contribution in [2.24, 2.45) is 0 Å². The number of aryl methyl sites for hydroxylation is 1. The number of anilines is 1. The Balaban J connectivity index is 1.32. The van der Waals surface area contributed by atoms with Gasteiger partial charge < -0.3 is 14.8 Å². The number of aromatic nitrogens is 3. The molecule has 1 aliphatic heterocycles. The number of carbonyl (C=O) groups is 1. The molecule has 3 heterocycles. The normalized spacial score (nSPS) is 14.4. The van der Waals surface area contributed by atoms with Gasteiger partial charge in [-0.05, 0) is 62.4 Å². The lowest BCUT2D eigenvalue weighted by Gasteiger charge is -2.26. The van der Waals surface area contributed by atoms with Crippen LogP contribution in [0.3, 0.4) is 0 Å². The van der Waals surface area contributed by atoms with Crippen LogP contribution in [0, 0.1) is 6.92 Å². The van der Waals surface area contributed by atoms with Gasteiger partial charge in [0.1, 0.15) is 11.6 Å². The predicted octanol–water partition coefficient (Wildman–Crippen LogP) is 3.98. The maximum absolute atomic E-state index is 13.0. The summed E-state index contributed by atoms with van der Waals surface area (Å²) in [4.78, 5) is 17.9. The molecule has 0 saturated carbocycles. The number of rotatable bonds is 8. The molecule has 2 aromatic carbocycles. The number of hydrogen-bond donors (Lipinski definition) is 1. The zero-order valence-electron chi connectivity index (χ0n) is 21.0. The molecular weight excluding hydrogens is 526 g/mol. The highest BCUT2D eigenvalue weighted by Gasteiger charge is 2.26. The van der Waals surface area contributed by atoms with Gasteiger partial charge in [-0.15, -0.1) is 11.3 Å². The number of benzene rings is 2. The Bertz CT molecular complexity index is 1520. The van der Waals surface area contributed by atoms with E-state index in [2.05, 4.69) is 10.4 Å². The van der Waals surface area contributed by atoms with E-state index in [0.717, 1.165) is 17.0 Å². The number of nitrogens with one attached hydrogen (secondary N) is 1. The van der Waals surface area contributed by atoms with E-state index in [0.29, 0.717) is 55.1 Å². The molecule has 0 bridgehead atoms. The van der Waals surface area contributed by atoms with Crippen molar-refractivity contribution in [1.82, 2.24) is 19.1 Å². The molecule has 1 saturated heterocycles. The number of amides is 1. The van der Waals surface area contributed by atoms with Crippen molar-refractivity contribution in [3.63, 3.8) is 0 Å². The van der Waals surface area contributed by atoms with Gasteiger partial charge >= 0.3 is 0 Å². The summed E-state index contributed by atoms with van der Waals surface area (Å²) in [6.07, 6.45) is 0. The third-order valence-corrected chi connectivity index (χ3v) is 8.66. The van der Waals surface area contributed by atoms with Crippen LogP contribution < -0.4 is 10.1 Å². The summed E-state index contributed by atoms with van der Waals surface area (Å²) >= 11 is 1.41. The van der Waals surface area contributed by atoms with Crippen molar-refractivity contribution in [2.75, 3.05) is 38.2 Å². The molecule has 0 spiro atoms. The van der Waals surface area contributed by atoms with Gasteiger partial charge in [0.25, 0.3) is 5.91 Å². The highest BCUT2D eigenvalue weighted by Crippen LogP contribution is 2.28. The van der Waals surface area contributed by atoms with Gasteiger partial charge in [-0.3, -0.25) is 4.79 Å². The van der Waals surface area contributed by atoms with Crippen LogP contribution in [0.25, 0.3) is 16.4 Å². The number of ether oxygens (including phenoxy) is 2. The molecule has 10 nitrogen and oxygen atoms in total. The second kappa shape index (κ2) is 11.0. The molecule has 0 aliphatic carbocycles. The monoisotopic (exact) mass is 553 g/mol. The molecule has 198 valence electrons. The van der Waals surface area contributed by atoms with E-state index in [-0.39, 0.29) is 10.8 Å². The summed E-state index contributed by atoms with van der Waals surface area (Å²) in [7, 11) is -3.64. The molecule has 1 amide bonds. The number of thiazole rings is 1. The van der Waals surface area contributed by atoms with Crippen LogP contribution in [0.15, 0.2) is 64.9 Å². The lowest BCUT2D eigenvalue weighted by Crippen LogP contribution is -2.40. The van der Waals surface area contributed by atoms with Crippen molar-refractivity contribution in [3.8, 4) is 22.1 Å². The van der Waals surface area contributed by atoms with Crippen LogP contribution in [0.2, 0.25) is 0 Å². The molecule has 12 heteroatoms. The first kappa shape index (κ1) is 26.0. The summed E-state index contributed by atoms with van der Waals surface area (Å²) in [5.74, 6) is 0.876. The number of hydrogen-bond acceptors (Lipinski definition) is 8. The van der Waals surface area contributed by atoms with Gasteiger partial charge in [0.2, 0.25) is 15.2 Å². The van der Waals surface area contributed by atoms with Crippen LogP contribution in [0.5, 0.6) is 5.75 Å². The molecule has 1 N–H and O–H groups in total. The largest absolute Gasteiger partial charge is 0.494 e. The minimum Gasteiger partial charge on any atom is -0.494 e. The van der Waals surface area contributed by atoms with Crippen LogP contribution in [-0.4, -0.2) is 66.3 Å². The number of sulfonamides is 1. The number of nitrogens with zero attached hydrogens (tertiary/aromatic N) is 4. The van der Waals surface area contributed by atoms with Gasteiger partial charge in [-0.25, -0.2) is 13.4 Å². The Hall–Kier alpha value is -3.58. The Kier molecular flexibility index (Phi) is 7.56. The summed E-state index contributed by atoms with van der Waals surface area (Å²) in [6.45, 7) is 5.73. The SMILES string of the molecule is CCOc1ccc(-c2csc(-n3nc(C)cc3NC(=O)c3ccc(S(=O)(=O)N4CCOCC4)cc3)n2)cc1. The van der Waals surface area contributed by atoms with Crippen molar-refractivity contribution >= 4 is 33.1 Å².